The van der Waals surface area contributed by atoms with E-state index in [1.807, 2.05) is 0 Å². The van der Waals surface area contributed by atoms with Crippen LogP contribution in [-0.2, 0) is 14.6 Å². The van der Waals surface area contributed by atoms with Crippen molar-refractivity contribution < 1.29 is 19.7 Å². The number of hydrogen-bond acceptors (Lipinski definition) is 4. The van der Waals surface area contributed by atoms with Gasteiger partial charge in [0.25, 0.3) is 0 Å². The molecule has 0 aliphatic carbocycles. The van der Waals surface area contributed by atoms with E-state index >= 15 is 0 Å². The van der Waals surface area contributed by atoms with Gasteiger partial charge in [-0.3, -0.25) is 4.79 Å². The van der Waals surface area contributed by atoms with Gasteiger partial charge in [0.2, 0.25) is 0 Å². The topological polar surface area (TPSA) is 67.8 Å². The van der Waals surface area contributed by atoms with Crippen molar-refractivity contribution in [2.24, 2.45) is 0 Å². The van der Waals surface area contributed by atoms with Crippen molar-refractivity contribution in [1.82, 2.24) is 5.32 Å². The third-order valence-corrected chi connectivity index (χ3v) is 1.62. The Morgan fingerprint density at radius 3 is 2.91 bits per heavy atom. The zero-order chi connectivity index (χ0) is 8.27. The summed E-state index contributed by atoms with van der Waals surface area (Å²) in [6.07, 6.45) is 0.324. The number of carbonyl (C=O) groups is 1. The van der Waals surface area contributed by atoms with Crippen LogP contribution in [-0.4, -0.2) is 36.9 Å². The van der Waals surface area contributed by atoms with Crippen molar-refractivity contribution in [1.29, 1.82) is 0 Å². The summed E-state index contributed by atoms with van der Waals surface area (Å²) in [6.45, 7) is 0.533. The van der Waals surface area contributed by atoms with Crippen LogP contribution >= 0.6 is 0 Å². The maximum Gasteiger partial charge on any atom is 0.320 e. The molecule has 5 nitrogen and oxygen atoms in total. The summed E-state index contributed by atoms with van der Waals surface area (Å²) >= 11 is 0. The third kappa shape index (κ3) is 2.14. The van der Waals surface area contributed by atoms with Crippen LogP contribution in [0.25, 0.3) is 0 Å². The molecule has 1 fully saturated rings. The summed E-state index contributed by atoms with van der Waals surface area (Å²) in [4.78, 5) is 19.6. The highest BCUT2D eigenvalue weighted by Crippen LogP contribution is 2.09. The maximum atomic E-state index is 10.4. The molecule has 0 aromatic rings. The summed E-state index contributed by atoms with van der Waals surface area (Å²) < 4.78 is 0. The van der Waals surface area contributed by atoms with E-state index in [2.05, 4.69) is 10.2 Å². The fourth-order valence-electron chi connectivity index (χ4n) is 1.10. The minimum atomic E-state index is -0.841. The molecule has 0 bridgehead atoms. The van der Waals surface area contributed by atoms with Gasteiger partial charge in [-0.1, -0.05) is 0 Å². The lowest BCUT2D eigenvalue weighted by Gasteiger charge is -2.05. The van der Waals surface area contributed by atoms with E-state index in [1.54, 1.807) is 0 Å². The predicted molar refractivity (Wildman–Crippen MR) is 35.9 cm³/mol. The molecular weight excluding hydrogens is 150 g/mol. The lowest BCUT2D eigenvalue weighted by Crippen LogP contribution is -2.29. The lowest BCUT2D eigenvalue weighted by atomic mass is 10.2. The molecule has 2 atom stereocenters. The molecule has 1 aliphatic rings. The van der Waals surface area contributed by atoms with Crippen molar-refractivity contribution in [3.8, 4) is 0 Å². The maximum absolute atomic E-state index is 10.4. The van der Waals surface area contributed by atoms with Gasteiger partial charge < -0.3 is 10.4 Å². The second-order valence-corrected chi connectivity index (χ2v) is 2.42. The van der Waals surface area contributed by atoms with Crippen LogP contribution in [0.15, 0.2) is 0 Å². The molecule has 1 saturated heterocycles. The largest absolute Gasteiger partial charge is 0.480 e. The third-order valence-electron chi connectivity index (χ3n) is 1.62. The Labute approximate surface area is 64.2 Å². The molecule has 0 unspecified atom stereocenters. The number of aliphatic carboxylic acids is 1. The van der Waals surface area contributed by atoms with Crippen molar-refractivity contribution in [3.05, 3.63) is 0 Å². The molecule has 0 radical (unpaired) electrons. The number of carboxylic acids is 1. The van der Waals surface area contributed by atoms with Gasteiger partial charge in [-0.15, -0.1) is 0 Å². The van der Waals surface area contributed by atoms with E-state index in [9.17, 15) is 4.79 Å². The Hall–Kier alpha value is -0.650. The minimum absolute atomic E-state index is 0.138. The highest BCUT2D eigenvalue weighted by Gasteiger charge is 2.30. The van der Waals surface area contributed by atoms with E-state index in [4.69, 9.17) is 9.99 Å². The first-order valence-corrected chi connectivity index (χ1v) is 3.39. The van der Waals surface area contributed by atoms with E-state index < -0.39 is 12.0 Å². The molecule has 2 N–H and O–H groups in total. The van der Waals surface area contributed by atoms with Gasteiger partial charge in [0.05, 0.1) is 7.11 Å². The number of carboxylic acid groups (broad SMARTS) is 1. The standard InChI is InChI=1S/C6H11NO4/c1-10-11-4-2-5(6(8)9)7-3-4/h4-5,7H,2-3H2,1H3,(H,8,9)/t4-,5+/m1/s1. The summed E-state index contributed by atoms with van der Waals surface area (Å²) in [5, 5.41) is 11.3. The Balaban J connectivity index is 2.29. The average Bonchev–Trinajstić information content (AvgIpc) is 2.37. The van der Waals surface area contributed by atoms with Crippen LogP contribution in [0, 0.1) is 0 Å². The fourth-order valence-corrected chi connectivity index (χ4v) is 1.10. The number of hydrogen-bond donors (Lipinski definition) is 2. The van der Waals surface area contributed by atoms with Crippen LogP contribution < -0.4 is 5.32 Å². The van der Waals surface area contributed by atoms with Crippen molar-refractivity contribution in [3.63, 3.8) is 0 Å². The van der Waals surface area contributed by atoms with Crippen molar-refractivity contribution in [2.45, 2.75) is 18.6 Å². The van der Waals surface area contributed by atoms with Crippen LogP contribution in [0.2, 0.25) is 0 Å². The quantitative estimate of drug-likeness (QED) is 0.426. The summed E-state index contributed by atoms with van der Waals surface area (Å²) in [5.74, 6) is -0.841. The molecule has 5 heteroatoms. The Bertz CT molecular complexity index is 150. The SMILES string of the molecule is COO[C@H]1CN[C@H](C(=O)O)C1. The molecule has 11 heavy (non-hydrogen) atoms. The Kier molecular flexibility index (Phi) is 2.81. The minimum Gasteiger partial charge on any atom is -0.480 e. The molecule has 0 spiro atoms. The smallest absolute Gasteiger partial charge is 0.320 e. The van der Waals surface area contributed by atoms with Gasteiger partial charge in [-0.05, 0) is 0 Å². The Morgan fingerprint density at radius 1 is 1.73 bits per heavy atom. The number of nitrogens with one attached hydrogen (secondary N) is 1. The van der Waals surface area contributed by atoms with Crippen molar-refractivity contribution in [2.75, 3.05) is 13.7 Å². The second-order valence-electron chi connectivity index (χ2n) is 2.42. The van der Waals surface area contributed by atoms with Gasteiger partial charge in [0.1, 0.15) is 12.1 Å². The van der Waals surface area contributed by atoms with Crippen LogP contribution in [0.5, 0.6) is 0 Å². The first-order chi connectivity index (χ1) is 5.24. The van der Waals surface area contributed by atoms with E-state index in [1.165, 1.54) is 7.11 Å². The lowest BCUT2D eigenvalue weighted by molar-refractivity contribution is -0.300. The van der Waals surface area contributed by atoms with E-state index in [0.29, 0.717) is 13.0 Å². The molecule has 0 aromatic carbocycles. The molecule has 1 heterocycles. The van der Waals surface area contributed by atoms with Crippen LogP contribution in [0.4, 0.5) is 0 Å². The molecule has 0 amide bonds. The van der Waals surface area contributed by atoms with Gasteiger partial charge in [-0.2, -0.15) is 0 Å². The first-order valence-electron chi connectivity index (χ1n) is 3.39. The fraction of sp³-hybridized carbons (Fsp3) is 0.833. The van der Waals surface area contributed by atoms with Gasteiger partial charge >= 0.3 is 5.97 Å². The van der Waals surface area contributed by atoms with Crippen molar-refractivity contribution >= 4 is 5.97 Å². The van der Waals surface area contributed by atoms with E-state index in [0.717, 1.165) is 0 Å². The molecule has 0 saturated carbocycles. The second kappa shape index (κ2) is 3.66. The molecule has 1 aliphatic heterocycles. The van der Waals surface area contributed by atoms with E-state index in [-0.39, 0.29) is 6.10 Å². The van der Waals surface area contributed by atoms with Gasteiger partial charge in [0, 0.05) is 13.0 Å². The zero-order valence-electron chi connectivity index (χ0n) is 6.24. The number of rotatable bonds is 3. The highest BCUT2D eigenvalue weighted by atomic mass is 17.2. The highest BCUT2D eigenvalue weighted by molar-refractivity contribution is 5.73. The molecule has 1 rings (SSSR count). The normalized spacial score (nSPS) is 30.6. The average molecular weight is 161 g/mol. The summed E-state index contributed by atoms with van der Waals surface area (Å²) in [6, 6.07) is -0.491. The Morgan fingerprint density at radius 2 is 2.45 bits per heavy atom. The molecule has 64 valence electrons. The zero-order valence-corrected chi connectivity index (χ0v) is 6.24. The van der Waals surface area contributed by atoms with Gasteiger partial charge in [-0.25, -0.2) is 9.78 Å². The summed E-state index contributed by atoms with van der Waals surface area (Å²) in [7, 11) is 1.41. The first kappa shape index (κ1) is 8.45. The molecular formula is C6H11NO4. The van der Waals surface area contributed by atoms with Crippen LogP contribution in [0.3, 0.4) is 0 Å². The summed E-state index contributed by atoms with van der Waals surface area (Å²) in [5.41, 5.74) is 0. The van der Waals surface area contributed by atoms with Crippen LogP contribution in [0.1, 0.15) is 6.42 Å². The predicted octanol–water partition coefficient (Wildman–Crippen LogP) is -0.620. The monoisotopic (exact) mass is 161 g/mol. The molecule has 0 aromatic heterocycles. The van der Waals surface area contributed by atoms with Gasteiger partial charge in [0.15, 0.2) is 0 Å².